The number of carboxylic acids is 1. The van der Waals surface area contributed by atoms with E-state index in [0.717, 1.165) is 15.7 Å². The lowest BCUT2D eigenvalue weighted by molar-refractivity contribution is -0.137. The first-order valence-electron chi connectivity index (χ1n) is 8.42. The number of amidine groups is 1. The number of aliphatic carboxylic acids is 1. The Hall–Kier alpha value is -1.39. The number of nitrogens with zero attached hydrogens (tertiary/aromatic N) is 2. The third-order valence-electron chi connectivity index (χ3n) is 4.49. The maximum Gasteiger partial charge on any atom is 0.303 e. The van der Waals surface area contributed by atoms with Crippen molar-refractivity contribution in [1.29, 1.82) is 0 Å². The molecule has 1 N–H and O–H groups in total. The van der Waals surface area contributed by atoms with E-state index in [2.05, 4.69) is 20.9 Å². The summed E-state index contributed by atoms with van der Waals surface area (Å²) in [5.41, 5.74) is 1.79. The molecular weight excluding hydrogens is 456 g/mol. The predicted molar refractivity (Wildman–Crippen MR) is 109 cm³/mol. The Kier molecular flexibility index (Phi) is 5.97. The number of hydrogen-bond donors (Lipinski definition) is 1. The van der Waals surface area contributed by atoms with Gasteiger partial charge in [0.15, 0.2) is 15.0 Å². The summed E-state index contributed by atoms with van der Waals surface area (Å²) < 4.78 is 25.1. The van der Waals surface area contributed by atoms with Crippen LogP contribution in [0, 0.1) is 6.92 Å². The number of fused-ring (bicyclic) bond motifs is 1. The van der Waals surface area contributed by atoms with Crippen LogP contribution in [0.1, 0.15) is 24.8 Å². The lowest BCUT2D eigenvalue weighted by Gasteiger charge is -2.25. The van der Waals surface area contributed by atoms with Crippen molar-refractivity contribution in [3.05, 3.63) is 28.2 Å². The maximum absolute atomic E-state index is 12.2. The van der Waals surface area contributed by atoms with Crippen LogP contribution in [0.3, 0.4) is 0 Å². The minimum atomic E-state index is -3.12. The van der Waals surface area contributed by atoms with Crippen LogP contribution in [-0.4, -0.2) is 53.4 Å². The van der Waals surface area contributed by atoms with E-state index in [4.69, 9.17) is 5.11 Å². The molecule has 0 aromatic heterocycles. The molecule has 1 amide bonds. The first kappa shape index (κ1) is 20.3. The molecule has 0 unspecified atom stereocenters. The molecule has 2 fully saturated rings. The Morgan fingerprint density at radius 2 is 2.07 bits per heavy atom. The second kappa shape index (κ2) is 7.92. The second-order valence-corrected chi connectivity index (χ2v) is 10.9. The molecule has 0 bridgehead atoms. The van der Waals surface area contributed by atoms with E-state index in [1.165, 1.54) is 11.8 Å². The molecule has 1 aromatic carbocycles. The Balaban J connectivity index is 1.88. The van der Waals surface area contributed by atoms with E-state index in [1.54, 1.807) is 0 Å². The van der Waals surface area contributed by atoms with Gasteiger partial charge in [0.1, 0.15) is 0 Å². The number of halogens is 1. The van der Waals surface area contributed by atoms with Gasteiger partial charge < -0.3 is 10.0 Å². The van der Waals surface area contributed by atoms with E-state index in [-0.39, 0.29) is 48.0 Å². The minimum absolute atomic E-state index is 0.0337. The highest BCUT2D eigenvalue weighted by Crippen LogP contribution is 2.41. The summed E-state index contributed by atoms with van der Waals surface area (Å²) in [5.74, 6) is -1.23. The van der Waals surface area contributed by atoms with Crippen molar-refractivity contribution in [2.24, 2.45) is 4.99 Å². The van der Waals surface area contributed by atoms with Crippen LogP contribution < -0.4 is 4.90 Å². The largest absolute Gasteiger partial charge is 0.481 e. The quantitative estimate of drug-likeness (QED) is 0.698. The number of hydrogen-bond acceptors (Lipinski definition) is 5. The van der Waals surface area contributed by atoms with Crippen molar-refractivity contribution in [2.45, 2.75) is 37.5 Å². The number of benzene rings is 1. The molecule has 0 saturated carbocycles. The second-order valence-electron chi connectivity index (χ2n) is 6.64. The highest BCUT2D eigenvalue weighted by atomic mass is 79.9. The Labute approximate surface area is 170 Å². The van der Waals surface area contributed by atoms with Crippen LogP contribution in [0.25, 0.3) is 0 Å². The van der Waals surface area contributed by atoms with Crippen molar-refractivity contribution in [2.75, 3.05) is 16.4 Å². The van der Waals surface area contributed by atoms with Crippen LogP contribution in [0.5, 0.6) is 0 Å². The van der Waals surface area contributed by atoms with Gasteiger partial charge in [-0.2, -0.15) is 4.99 Å². The molecule has 1 aromatic rings. The zero-order valence-electron chi connectivity index (χ0n) is 14.6. The Morgan fingerprint density at radius 1 is 1.33 bits per heavy atom. The van der Waals surface area contributed by atoms with Gasteiger partial charge in [0, 0.05) is 28.3 Å². The van der Waals surface area contributed by atoms with Gasteiger partial charge in [0.2, 0.25) is 5.91 Å². The third kappa shape index (κ3) is 4.72. The first-order valence-corrected chi connectivity index (χ1v) is 11.9. The topological polar surface area (TPSA) is 104 Å². The number of carbonyl (C=O) groups is 2. The molecule has 146 valence electrons. The number of carboxylic acid groups (broad SMARTS) is 1. The van der Waals surface area contributed by atoms with Gasteiger partial charge in [0.25, 0.3) is 0 Å². The van der Waals surface area contributed by atoms with Crippen molar-refractivity contribution in [1.82, 2.24) is 0 Å². The van der Waals surface area contributed by atoms with Gasteiger partial charge in [-0.25, -0.2) is 8.42 Å². The average Bonchev–Trinajstić information content (AvgIpc) is 3.00. The Morgan fingerprint density at radius 3 is 2.74 bits per heavy atom. The van der Waals surface area contributed by atoms with Crippen molar-refractivity contribution < 1.29 is 23.1 Å². The average molecular weight is 475 g/mol. The Bertz CT molecular complexity index is 916. The van der Waals surface area contributed by atoms with Gasteiger partial charge in [-0.1, -0.05) is 27.7 Å². The highest BCUT2D eigenvalue weighted by molar-refractivity contribution is 9.10. The lowest BCUT2D eigenvalue weighted by Crippen LogP contribution is -2.37. The fourth-order valence-corrected chi connectivity index (χ4v) is 7.38. The van der Waals surface area contributed by atoms with E-state index in [1.807, 2.05) is 30.0 Å². The number of aryl methyl sites for hydroxylation is 1. The molecule has 0 aliphatic carbocycles. The van der Waals surface area contributed by atoms with Crippen LogP contribution >= 0.6 is 27.7 Å². The summed E-state index contributed by atoms with van der Waals surface area (Å²) in [6, 6.07) is 5.43. The van der Waals surface area contributed by atoms with Crippen molar-refractivity contribution >= 4 is 60.3 Å². The first-order chi connectivity index (χ1) is 12.7. The lowest BCUT2D eigenvalue weighted by atomic mass is 10.1. The summed E-state index contributed by atoms with van der Waals surface area (Å²) in [4.78, 5) is 28.8. The summed E-state index contributed by atoms with van der Waals surface area (Å²) in [6.07, 6.45) is 0.203. The smallest absolute Gasteiger partial charge is 0.303 e. The number of carbonyl (C=O) groups excluding carboxylic acids is 1. The minimum Gasteiger partial charge on any atom is -0.481 e. The maximum atomic E-state index is 12.2. The molecule has 2 aliphatic rings. The van der Waals surface area contributed by atoms with Crippen LogP contribution in [0.2, 0.25) is 0 Å². The number of anilines is 1. The van der Waals surface area contributed by atoms with Gasteiger partial charge in [-0.05, 0) is 37.1 Å². The number of thioether (sulfide) groups is 1. The molecular formula is C17H19BrN2O5S2. The fraction of sp³-hybridized carbons (Fsp3) is 0.471. The van der Waals surface area contributed by atoms with Crippen molar-refractivity contribution in [3.8, 4) is 0 Å². The molecule has 10 heteroatoms. The summed E-state index contributed by atoms with van der Waals surface area (Å²) in [7, 11) is -3.12. The number of sulfone groups is 1. The van der Waals surface area contributed by atoms with Gasteiger partial charge in [-0.15, -0.1) is 0 Å². The molecule has 2 heterocycles. The molecule has 2 saturated heterocycles. The molecule has 2 atom stereocenters. The summed E-state index contributed by atoms with van der Waals surface area (Å²) >= 11 is 4.77. The van der Waals surface area contributed by atoms with Gasteiger partial charge >= 0.3 is 5.97 Å². The van der Waals surface area contributed by atoms with Gasteiger partial charge in [0.05, 0.1) is 17.5 Å². The molecule has 0 spiro atoms. The van der Waals surface area contributed by atoms with Crippen LogP contribution in [0.4, 0.5) is 5.69 Å². The van der Waals surface area contributed by atoms with Crippen molar-refractivity contribution in [3.63, 3.8) is 0 Å². The highest BCUT2D eigenvalue weighted by Gasteiger charge is 2.49. The van der Waals surface area contributed by atoms with E-state index < -0.39 is 15.8 Å². The standard InChI is InChI=1S/C17H19BrN2O5S2/c1-10-7-11(5-6-12(10)18)20-13-8-27(24,25)9-14(13)26-17(20)19-15(21)3-2-4-16(22)23/h5-7,13-14H,2-4,8-9H2,1H3,(H,22,23)/t13-,14+/m0/s1. The molecule has 3 rings (SSSR count). The summed E-state index contributed by atoms with van der Waals surface area (Å²) in [5, 5.41) is 9.01. The molecule has 7 nitrogen and oxygen atoms in total. The zero-order valence-corrected chi connectivity index (χ0v) is 17.8. The summed E-state index contributed by atoms with van der Waals surface area (Å²) in [6.45, 7) is 1.94. The molecule has 2 aliphatic heterocycles. The van der Waals surface area contributed by atoms with E-state index in [9.17, 15) is 18.0 Å². The third-order valence-corrected chi connectivity index (χ3v) is 8.59. The zero-order chi connectivity index (χ0) is 19.8. The van der Waals surface area contributed by atoms with Crippen LogP contribution in [0.15, 0.2) is 27.7 Å². The number of amides is 1. The molecule has 27 heavy (non-hydrogen) atoms. The van der Waals surface area contributed by atoms with E-state index in [0.29, 0.717) is 5.17 Å². The SMILES string of the molecule is Cc1cc(N2C(=NC(=O)CCCC(=O)O)S[C@@H]3CS(=O)(=O)C[C@@H]32)ccc1Br. The predicted octanol–water partition coefficient (Wildman–Crippen LogP) is 2.61. The van der Waals surface area contributed by atoms with Gasteiger partial charge in [-0.3, -0.25) is 9.59 Å². The van der Waals surface area contributed by atoms with Crippen LogP contribution in [-0.2, 0) is 19.4 Å². The monoisotopic (exact) mass is 474 g/mol. The van der Waals surface area contributed by atoms with E-state index >= 15 is 0 Å². The number of rotatable bonds is 5. The molecule has 0 radical (unpaired) electrons. The fourth-order valence-electron chi connectivity index (χ4n) is 3.20. The normalized spacial score (nSPS) is 25.0. The number of aliphatic imine (C=N–C) groups is 1.